The Bertz CT molecular complexity index is 1160. The lowest BCUT2D eigenvalue weighted by atomic mass is 9.97. The molecule has 0 saturated carbocycles. The molecule has 1 aliphatic rings. The van der Waals surface area contributed by atoms with Gasteiger partial charge in [-0.05, 0) is 49.2 Å². The van der Waals surface area contributed by atoms with Crippen LogP contribution in [0.1, 0.15) is 30.1 Å². The summed E-state index contributed by atoms with van der Waals surface area (Å²) >= 11 is 0. The number of hydrogen-bond donors (Lipinski definition) is 0. The summed E-state index contributed by atoms with van der Waals surface area (Å²) in [5, 5.41) is 9.13. The molecule has 154 valence electrons. The smallest absolute Gasteiger partial charge is 0.156 e. The van der Waals surface area contributed by atoms with Crippen LogP contribution < -0.4 is 4.74 Å². The Morgan fingerprint density at radius 2 is 2.07 bits per heavy atom. The molecule has 0 aliphatic carbocycles. The number of fused-ring (bicyclic) bond motifs is 1. The van der Waals surface area contributed by atoms with Crippen molar-refractivity contribution in [1.29, 1.82) is 0 Å². The molecular formula is C23H26N6O. The summed E-state index contributed by atoms with van der Waals surface area (Å²) in [6, 6.07) is 12.2. The van der Waals surface area contributed by atoms with Crippen molar-refractivity contribution in [3.05, 3.63) is 66.4 Å². The lowest BCUT2D eigenvalue weighted by Crippen LogP contribution is -2.34. The summed E-state index contributed by atoms with van der Waals surface area (Å²) < 4.78 is 9.12. The fourth-order valence-corrected chi connectivity index (χ4v) is 4.27. The van der Waals surface area contributed by atoms with Gasteiger partial charge in [0.05, 0.1) is 13.3 Å². The van der Waals surface area contributed by atoms with Gasteiger partial charge in [0.25, 0.3) is 0 Å². The van der Waals surface area contributed by atoms with E-state index in [1.165, 1.54) is 5.56 Å². The maximum atomic E-state index is 5.36. The van der Waals surface area contributed by atoms with Gasteiger partial charge in [0.2, 0.25) is 0 Å². The number of nitrogens with zero attached hydrogens (tertiary/aromatic N) is 6. The van der Waals surface area contributed by atoms with Gasteiger partial charge in [0, 0.05) is 49.6 Å². The highest BCUT2D eigenvalue weighted by Crippen LogP contribution is 2.28. The van der Waals surface area contributed by atoms with Crippen LogP contribution in [0.5, 0.6) is 5.75 Å². The Kier molecular flexibility index (Phi) is 4.96. The highest BCUT2D eigenvalue weighted by molar-refractivity contribution is 5.65. The normalized spacial score (nSPS) is 17.5. The summed E-state index contributed by atoms with van der Waals surface area (Å²) in [7, 11) is 3.65. The summed E-state index contributed by atoms with van der Waals surface area (Å²) in [5.74, 6) is 2.15. The molecule has 7 heteroatoms. The van der Waals surface area contributed by atoms with Gasteiger partial charge < -0.3 is 4.74 Å². The predicted molar refractivity (Wildman–Crippen MR) is 115 cm³/mol. The van der Waals surface area contributed by atoms with Gasteiger partial charge >= 0.3 is 0 Å². The summed E-state index contributed by atoms with van der Waals surface area (Å²) in [5.41, 5.74) is 4.35. The number of likely N-dealkylation sites (tertiary alicyclic amines) is 1. The van der Waals surface area contributed by atoms with Crippen LogP contribution in [0.3, 0.4) is 0 Å². The van der Waals surface area contributed by atoms with Gasteiger partial charge in [-0.15, -0.1) is 0 Å². The lowest BCUT2D eigenvalue weighted by Gasteiger charge is -2.30. The van der Waals surface area contributed by atoms with Gasteiger partial charge in [-0.2, -0.15) is 10.2 Å². The monoisotopic (exact) mass is 402 g/mol. The van der Waals surface area contributed by atoms with Crippen molar-refractivity contribution >= 4 is 5.65 Å². The number of ether oxygens (including phenoxy) is 1. The standard InChI is InChI=1S/C23H26N6O/c1-27-13-17(12-24-27)14-28-10-4-6-20(15-28)23-25-22-9-8-19(16-29(22)26-23)18-5-3-7-21(11-18)30-2/h3,5,7-9,11-13,16,20H,4,6,10,14-15H2,1-2H3/t20-/m1/s1. The molecule has 7 nitrogen and oxygen atoms in total. The van der Waals surface area contributed by atoms with Crippen molar-refractivity contribution in [3.8, 4) is 16.9 Å². The van der Waals surface area contributed by atoms with E-state index in [0.29, 0.717) is 5.92 Å². The number of rotatable bonds is 5. The molecule has 30 heavy (non-hydrogen) atoms. The molecular weight excluding hydrogens is 376 g/mol. The molecule has 1 atom stereocenters. The molecule has 0 radical (unpaired) electrons. The molecule has 1 saturated heterocycles. The molecule has 0 spiro atoms. The van der Waals surface area contributed by atoms with Gasteiger partial charge in [0.1, 0.15) is 5.75 Å². The second-order valence-electron chi connectivity index (χ2n) is 8.02. The quantitative estimate of drug-likeness (QED) is 0.511. The van der Waals surface area contributed by atoms with Crippen molar-refractivity contribution in [2.75, 3.05) is 20.2 Å². The third-order valence-electron chi connectivity index (χ3n) is 5.79. The SMILES string of the molecule is COc1cccc(-c2ccc3nc([C@@H]4CCCN(Cc5cnn(C)c5)C4)nn3c2)c1. The zero-order chi connectivity index (χ0) is 20.5. The van der Waals surface area contributed by atoms with E-state index in [1.807, 2.05) is 46.7 Å². The molecule has 0 bridgehead atoms. The number of pyridine rings is 1. The molecule has 1 aliphatic heterocycles. The minimum atomic E-state index is 0.357. The van der Waals surface area contributed by atoms with E-state index in [0.717, 1.165) is 60.8 Å². The minimum Gasteiger partial charge on any atom is -0.497 e. The van der Waals surface area contributed by atoms with Gasteiger partial charge in [-0.25, -0.2) is 9.50 Å². The number of hydrogen-bond acceptors (Lipinski definition) is 5. The van der Waals surface area contributed by atoms with Crippen LogP contribution in [0.15, 0.2) is 55.0 Å². The van der Waals surface area contributed by atoms with Crippen molar-refractivity contribution in [3.63, 3.8) is 0 Å². The van der Waals surface area contributed by atoms with Crippen molar-refractivity contribution < 1.29 is 4.74 Å². The molecule has 5 rings (SSSR count). The van der Waals surface area contributed by atoms with Crippen LogP contribution in [-0.4, -0.2) is 49.5 Å². The molecule has 4 heterocycles. The number of methoxy groups -OCH3 is 1. The summed E-state index contributed by atoms with van der Waals surface area (Å²) in [6.07, 6.45) is 8.38. The van der Waals surface area contributed by atoms with Crippen molar-refractivity contribution in [2.24, 2.45) is 7.05 Å². The van der Waals surface area contributed by atoms with E-state index in [9.17, 15) is 0 Å². The lowest BCUT2D eigenvalue weighted by molar-refractivity contribution is 0.196. The second kappa shape index (κ2) is 7.91. The van der Waals surface area contributed by atoms with E-state index in [-0.39, 0.29) is 0 Å². The molecule has 4 aromatic rings. The highest BCUT2D eigenvalue weighted by atomic mass is 16.5. The Hall–Kier alpha value is -3.19. The van der Waals surface area contributed by atoms with Gasteiger partial charge in [0.15, 0.2) is 11.5 Å². The van der Waals surface area contributed by atoms with Crippen molar-refractivity contribution in [2.45, 2.75) is 25.3 Å². The van der Waals surface area contributed by atoms with Gasteiger partial charge in [-0.1, -0.05) is 12.1 Å². The van der Waals surface area contributed by atoms with Crippen LogP contribution in [0.2, 0.25) is 0 Å². The average molecular weight is 403 g/mol. The fraction of sp³-hybridized carbons (Fsp3) is 0.348. The molecule has 3 aromatic heterocycles. The van der Waals surface area contributed by atoms with E-state index < -0.39 is 0 Å². The third-order valence-corrected chi connectivity index (χ3v) is 5.79. The van der Waals surface area contributed by atoms with E-state index >= 15 is 0 Å². The van der Waals surface area contributed by atoms with Crippen LogP contribution >= 0.6 is 0 Å². The maximum Gasteiger partial charge on any atom is 0.156 e. The minimum absolute atomic E-state index is 0.357. The number of benzene rings is 1. The van der Waals surface area contributed by atoms with E-state index in [2.05, 4.69) is 34.5 Å². The van der Waals surface area contributed by atoms with Crippen LogP contribution in [0.25, 0.3) is 16.8 Å². The Labute approximate surface area is 175 Å². The number of aryl methyl sites for hydroxylation is 1. The average Bonchev–Trinajstić information content (AvgIpc) is 3.39. The van der Waals surface area contributed by atoms with Crippen LogP contribution in [-0.2, 0) is 13.6 Å². The van der Waals surface area contributed by atoms with Gasteiger partial charge in [-0.3, -0.25) is 9.58 Å². The van der Waals surface area contributed by atoms with E-state index in [4.69, 9.17) is 14.8 Å². The Morgan fingerprint density at radius 1 is 1.13 bits per heavy atom. The highest BCUT2D eigenvalue weighted by Gasteiger charge is 2.25. The molecule has 0 unspecified atom stereocenters. The largest absolute Gasteiger partial charge is 0.497 e. The Morgan fingerprint density at radius 3 is 2.90 bits per heavy atom. The zero-order valence-corrected chi connectivity index (χ0v) is 17.4. The van der Waals surface area contributed by atoms with Crippen LogP contribution in [0, 0.1) is 0 Å². The Balaban J connectivity index is 1.36. The predicted octanol–water partition coefficient (Wildman–Crippen LogP) is 3.52. The van der Waals surface area contributed by atoms with Crippen LogP contribution in [0.4, 0.5) is 0 Å². The first-order valence-electron chi connectivity index (χ1n) is 10.4. The van der Waals surface area contributed by atoms with Crippen molar-refractivity contribution in [1.82, 2.24) is 29.3 Å². The maximum absolute atomic E-state index is 5.36. The first-order valence-corrected chi connectivity index (χ1v) is 10.4. The molecule has 1 fully saturated rings. The topological polar surface area (TPSA) is 60.5 Å². The molecule has 1 aromatic carbocycles. The molecule has 0 N–H and O–H groups in total. The number of aromatic nitrogens is 5. The zero-order valence-electron chi connectivity index (χ0n) is 17.4. The van der Waals surface area contributed by atoms with E-state index in [1.54, 1.807) is 7.11 Å². The fourth-order valence-electron chi connectivity index (χ4n) is 4.27. The number of piperidine rings is 1. The molecule has 0 amide bonds. The summed E-state index contributed by atoms with van der Waals surface area (Å²) in [6.45, 7) is 3.02. The first-order chi connectivity index (χ1) is 14.7. The second-order valence-corrected chi connectivity index (χ2v) is 8.02. The summed E-state index contributed by atoms with van der Waals surface area (Å²) in [4.78, 5) is 7.32. The third kappa shape index (κ3) is 3.80. The first kappa shape index (κ1) is 18.8.